The minimum absolute atomic E-state index is 0.199. The molecule has 0 aliphatic carbocycles. The Hall–Kier alpha value is -0.550. The second-order valence-electron chi connectivity index (χ2n) is 2.43. The summed E-state index contributed by atoms with van der Waals surface area (Å²) in [5, 5.41) is -0.199. The molecule has 1 aromatic rings. The minimum atomic E-state index is -4.44. The van der Waals surface area contributed by atoms with Gasteiger partial charge in [0, 0.05) is 0 Å². The Kier molecular flexibility index (Phi) is 3.55. The molecule has 1 rings (SSSR count). The molecule has 1 N–H and O–H groups in total. The summed E-state index contributed by atoms with van der Waals surface area (Å²) in [7, 11) is -4.44. The minimum Gasteiger partial charge on any atom is -0.281 e. The summed E-state index contributed by atoms with van der Waals surface area (Å²) in [5.74, 6) is 0. The summed E-state index contributed by atoms with van der Waals surface area (Å²) < 4.78 is 29.1. The van der Waals surface area contributed by atoms with E-state index in [1.54, 1.807) is 30.3 Å². The van der Waals surface area contributed by atoms with Gasteiger partial charge in [-0.15, -0.1) is 0 Å². The lowest BCUT2D eigenvalue weighted by atomic mass is 10.2. The van der Waals surface area contributed by atoms with Crippen LogP contribution in [0.4, 0.5) is 0 Å². The van der Waals surface area contributed by atoms with Crippen molar-refractivity contribution in [2.24, 2.45) is 0 Å². The molecule has 0 aliphatic rings. The van der Waals surface area contributed by atoms with E-state index in [2.05, 4.69) is 0 Å². The summed E-state index contributed by atoms with van der Waals surface area (Å²) in [5.41, 5.74) is 0.428. The fourth-order valence-corrected chi connectivity index (χ4v) is 1.68. The van der Waals surface area contributed by atoms with E-state index in [0.29, 0.717) is 5.56 Å². The zero-order chi connectivity index (χ0) is 10.8. The van der Waals surface area contributed by atoms with E-state index in [-0.39, 0.29) is 5.03 Å². The Balaban J connectivity index is 3.26. The maximum atomic E-state index is 10.6. The van der Waals surface area contributed by atoms with Gasteiger partial charge in [-0.3, -0.25) is 4.55 Å². The van der Waals surface area contributed by atoms with E-state index in [9.17, 15) is 8.42 Å². The van der Waals surface area contributed by atoms with Crippen LogP contribution in [0.5, 0.6) is 0 Å². The van der Waals surface area contributed by atoms with Gasteiger partial charge in [0.05, 0.1) is 5.03 Å². The number of hydrogen-bond acceptors (Lipinski definition) is 2. The van der Waals surface area contributed by atoms with Crippen molar-refractivity contribution in [1.29, 1.82) is 0 Å². The molecule has 0 saturated carbocycles. The molecule has 0 saturated heterocycles. The van der Waals surface area contributed by atoms with Gasteiger partial charge in [0.2, 0.25) is 0 Å². The van der Waals surface area contributed by atoms with Crippen LogP contribution in [0, 0.1) is 0 Å². The lowest BCUT2D eigenvalue weighted by molar-refractivity contribution is 0.493. The summed E-state index contributed by atoms with van der Waals surface area (Å²) in [6.07, 6.45) is 0. The third kappa shape index (κ3) is 2.72. The molecule has 0 amide bonds. The van der Waals surface area contributed by atoms with Crippen LogP contribution in [0.3, 0.4) is 0 Å². The molecule has 6 heteroatoms. The van der Waals surface area contributed by atoms with Gasteiger partial charge < -0.3 is 0 Å². The van der Waals surface area contributed by atoms with Gasteiger partial charge in [-0.2, -0.15) is 8.42 Å². The second-order valence-corrected chi connectivity index (χ2v) is 4.77. The molecule has 0 unspecified atom stereocenters. The van der Waals surface area contributed by atoms with Gasteiger partial charge in [-0.05, 0) is 5.56 Å². The number of benzene rings is 1. The van der Waals surface area contributed by atoms with E-state index in [1.807, 2.05) is 0 Å². The third-order valence-electron chi connectivity index (χ3n) is 1.43. The van der Waals surface area contributed by atoms with Crippen LogP contribution >= 0.6 is 23.2 Å². The first-order valence-electron chi connectivity index (χ1n) is 3.51. The van der Waals surface area contributed by atoms with E-state index in [1.165, 1.54) is 0 Å². The Morgan fingerprint density at radius 1 is 1.14 bits per heavy atom. The summed E-state index contributed by atoms with van der Waals surface area (Å²) in [6.45, 7) is 0. The predicted octanol–water partition coefficient (Wildman–Crippen LogP) is 2.68. The van der Waals surface area contributed by atoms with E-state index >= 15 is 0 Å². The lowest BCUT2D eigenvalue weighted by Crippen LogP contribution is -1.97. The van der Waals surface area contributed by atoms with Crippen LogP contribution in [-0.2, 0) is 10.1 Å². The Morgan fingerprint density at radius 2 is 1.64 bits per heavy atom. The molecule has 0 heterocycles. The lowest BCUT2D eigenvalue weighted by Gasteiger charge is -2.00. The average molecular weight is 253 g/mol. The molecular weight excluding hydrogens is 247 g/mol. The highest BCUT2D eigenvalue weighted by Gasteiger charge is 2.16. The number of rotatable bonds is 2. The van der Waals surface area contributed by atoms with Gasteiger partial charge in [0.1, 0.15) is 0 Å². The van der Waals surface area contributed by atoms with Crippen LogP contribution in [0.2, 0.25) is 0 Å². The number of halogens is 2. The highest BCUT2D eigenvalue weighted by molar-refractivity contribution is 7.91. The highest BCUT2D eigenvalue weighted by atomic mass is 35.5. The Bertz CT molecular complexity index is 451. The Morgan fingerprint density at radius 3 is 2.07 bits per heavy atom. The second kappa shape index (κ2) is 4.31. The van der Waals surface area contributed by atoms with Crippen LogP contribution in [-0.4, -0.2) is 13.0 Å². The van der Waals surface area contributed by atoms with Crippen LogP contribution in [0.1, 0.15) is 5.56 Å². The van der Waals surface area contributed by atoms with Crippen molar-refractivity contribution < 1.29 is 13.0 Å². The predicted molar refractivity (Wildman–Crippen MR) is 56.6 cm³/mol. The van der Waals surface area contributed by atoms with E-state index in [0.717, 1.165) is 0 Å². The van der Waals surface area contributed by atoms with E-state index in [4.69, 9.17) is 27.8 Å². The maximum Gasteiger partial charge on any atom is 0.307 e. The summed E-state index contributed by atoms with van der Waals surface area (Å²) in [4.78, 5) is 0. The van der Waals surface area contributed by atoms with Gasteiger partial charge in [-0.1, -0.05) is 53.5 Å². The van der Waals surface area contributed by atoms with Gasteiger partial charge in [0.15, 0.2) is 4.36 Å². The topological polar surface area (TPSA) is 54.4 Å². The van der Waals surface area contributed by atoms with Crippen molar-refractivity contribution in [3.05, 3.63) is 40.3 Å². The molecular formula is C8H6Cl2O3S. The van der Waals surface area contributed by atoms with Crippen molar-refractivity contribution in [3.8, 4) is 0 Å². The first kappa shape index (κ1) is 11.5. The first-order chi connectivity index (χ1) is 6.43. The molecule has 1 aromatic carbocycles. The van der Waals surface area contributed by atoms with Crippen molar-refractivity contribution in [3.63, 3.8) is 0 Å². The summed E-state index contributed by atoms with van der Waals surface area (Å²) in [6, 6.07) is 8.25. The molecule has 0 atom stereocenters. The monoisotopic (exact) mass is 252 g/mol. The SMILES string of the molecule is O=S(=O)(O)C(Cl)=C(Cl)c1ccccc1. The molecule has 0 spiro atoms. The van der Waals surface area contributed by atoms with E-state index < -0.39 is 14.5 Å². The van der Waals surface area contributed by atoms with Crippen molar-refractivity contribution in [2.45, 2.75) is 0 Å². The van der Waals surface area contributed by atoms with Crippen LogP contribution in [0.25, 0.3) is 5.03 Å². The average Bonchev–Trinajstić information content (AvgIpc) is 2.15. The molecule has 0 aliphatic heterocycles. The largest absolute Gasteiger partial charge is 0.307 e. The Labute approximate surface area is 91.7 Å². The molecule has 0 aromatic heterocycles. The smallest absolute Gasteiger partial charge is 0.281 e. The zero-order valence-electron chi connectivity index (χ0n) is 6.81. The van der Waals surface area contributed by atoms with Crippen LogP contribution in [0.15, 0.2) is 34.7 Å². The van der Waals surface area contributed by atoms with Crippen molar-refractivity contribution in [2.75, 3.05) is 0 Å². The standard InChI is InChI=1S/C8H6Cl2O3S/c9-7(8(10)14(11,12)13)6-4-2-1-3-5-6/h1-5H,(H,11,12,13). The zero-order valence-corrected chi connectivity index (χ0v) is 9.14. The first-order valence-corrected chi connectivity index (χ1v) is 5.70. The fourth-order valence-electron chi connectivity index (χ4n) is 0.811. The highest BCUT2D eigenvalue weighted by Crippen LogP contribution is 2.27. The van der Waals surface area contributed by atoms with Gasteiger partial charge in [0.25, 0.3) is 0 Å². The summed E-state index contributed by atoms with van der Waals surface area (Å²) >= 11 is 11.0. The van der Waals surface area contributed by atoms with Crippen LogP contribution < -0.4 is 0 Å². The molecule has 0 bridgehead atoms. The number of hydrogen-bond donors (Lipinski definition) is 1. The van der Waals surface area contributed by atoms with Gasteiger partial charge >= 0.3 is 10.1 Å². The van der Waals surface area contributed by atoms with Crippen molar-refractivity contribution >= 4 is 38.4 Å². The normalized spacial score (nSPS) is 13.6. The third-order valence-corrected chi connectivity index (χ3v) is 3.47. The molecule has 76 valence electrons. The molecule has 0 radical (unpaired) electrons. The quantitative estimate of drug-likeness (QED) is 0.824. The van der Waals surface area contributed by atoms with Crippen molar-refractivity contribution in [1.82, 2.24) is 0 Å². The maximum absolute atomic E-state index is 10.6. The molecule has 14 heavy (non-hydrogen) atoms. The fraction of sp³-hybridized carbons (Fsp3) is 0. The molecule has 3 nitrogen and oxygen atoms in total. The molecule has 0 fully saturated rings. The van der Waals surface area contributed by atoms with Gasteiger partial charge in [-0.25, -0.2) is 0 Å².